The topological polar surface area (TPSA) is 86.0 Å². The van der Waals surface area contributed by atoms with Crippen molar-refractivity contribution in [2.45, 2.75) is 0 Å². The van der Waals surface area contributed by atoms with E-state index in [2.05, 4.69) is 26.3 Å². The van der Waals surface area contributed by atoms with E-state index in [9.17, 15) is 0 Å². The highest BCUT2D eigenvalue weighted by Crippen LogP contribution is 2.33. The van der Waals surface area contributed by atoms with Gasteiger partial charge in [-0.3, -0.25) is 0 Å². The third-order valence-corrected chi connectivity index (χ3v) is 5.43. The molecule has 4 heterocycles. The van der Waals surface area contributed by atoms with E-state index in [1.807, 2.05) is 40.9 Å². The maximum Gasteiger partial charge on any atom is 0.245 e. The van der Waals surface area contributed by atoms with Crippen LogP contribution < -0.4 is 19.7 Å². The molecule has 1 saturated heterocycles. The SMILES string of the molecule is COc1ccc(-c2ccc3cnc(Nc4ccc(OC)c(N5CCOCC5)c4)nn23)cn1. The van der Waals surface area contributed by atoms with Gasteiger partial charge in [-0.05, 0) is 36.4 Å². The molecule has 5 rings (SSSR count). The minimum absolute atomic E-state index is 0.495. The number of nitrogens with zero attached hydrogens (tertiary/aromatic N) is 5. The Labute approximate surface area is 185 Å². The quantitative estimate of drug-likeness (QED) is 0.496. The summed E-state index contributed by atoms with van der Waals surface area (Å²) in [5, 5.41) is 8.03. The molecule has 1 aliphatic heterocycles. The number of anilines is 3. The van der Waals surface area contributed by atoms with Crippen LogP contribution in [0.3, 0.4) is 0 Å². The summed E-state index contributed by atoms with van der Waals surface area (Å²) in [7, 11) is 3.29. The van der Waals surface area contributed by atoms with Crippen molar-refractivity contribution >= 4 is 22.8 Å². The molecule has 0 amide bonds. The third-order valence-electron chi connectivity index (χ3n) is 5.43. The van der Waals surface area contributed by atoms with E-state index in [0.29, 0.717) is 25.0 Å². The predicted molar refractivity (Wildman–Crippen MR) is 122 cm³/mol. The van der Waals surface area contributed by atoms with Gasteiger partial charge in [0.15, 0.2) is 0 Å². The number of rotatable bonds is 6. The first-order chi connectivity index (χ1) is 15.7. The number of benzene rings is 1. The normalized spacial score (nSPS) is 13.9. The molecule has 3 aromatic heterocycles. The lowest BCUT2D eigenvalue weighted by molar-refractivity contribution is 0.122. The first-order valence-electron chi connectivity index (χ1n) is 10.4. The number of hydrogen-bond donors (Lipinski definition) is 1. The monoisotopic (exact) mass is 432 g/mol. The van der Waals surface area contributed by atoms with Crippen LogP contribution in [0.5, 0.6) is 11.6 Å². The Morgan fingerprint density at radius 3 is 2.56 bits per heavy atom. The van der Waals surface area contributed by atoms with Gasteiger partial charge in [-0.15, -0.1) is 5.10 Å². The van der Waals surface area contributed by atoms with E-state index in [-0.39, 0.29) is 0 Å². The summed E-state index contributed by atoms with van der Waals surface area (Å²) in [5.74, 6) is 1.89. The number of morpholine rings is 1. The summed E-state index contributed by atoms with van der Waals surface area (Å²) in [6.07, 6.45) is 3.57. The van der Waals surface area contributed by atoms with Crippen LogP contribution in [0.15, 0.2) is 54.9 Å². The van der Waals surface area contributed by atoms with Gasteiger partial charge in [-0.1, -0.05) is 0 Å². The molecule has 0 aliphatic carbocycles. The number of hydrogen-bond acceptors (Lipinski definition) is 8. The van der Waals surface area contributed by atoms with Crippen LogP contribution in [0.2, 0.25) is 0 Å². The average molecular weight is 432 g/mol. The standard InChI is InChI=1S/C23H24N6O3/c1-30-21-7-4-17(13-20(21)28-9-11-32-12-10-28)26-23-25-15-18-5-6-19(29(18)27-23)16-3-8-22(31-2)24-14-16/h3-8,13-15H,9-12H2,1-2H3,(H,26,27). The highest BCUT2D eigenvalue weighted by molar-refractivity contribution is 5.70. The molecule has 1 aromatic carbocycles. The highest BCUT2D eigenvalue weighted by atomic mass is 16.5. The molecule has 0 unspecified atom stereocenters. The largest absolute Gasteiger partial charge is 0.495 e. The number of fused-ring (bicyclic) bond motifs is 1. The minimum Gasteiger partial charge on any atom is -0.495 e. The fraction of sp³-hybridized carbons (Fsp3) is 0.261. The van der Waals surface area contributed by atoms with Crippen LogP contribution in [-0.4, -0.2) is 60.1 Å². The van der Waals surface area contributed by atoms with Gasteiger partial charge >= 0.3 is 0 Å². The second-order valence-corrected chi connectivity index (χ2v) is 7.34. The third kappa shape index (κ3) is 3.90. The average Bonchev–Trinajstić information content (AvgIpc) is 3.28. The number of ether oxygens (including phenoxy) is 3. The van der Waals surface area contributed by atoms with Gasteiger partial charge in [0.05, 0.1) is 50.5 Å². The Morgan fingerprint density at radius 2 is 1.81 bits per heavy atom. The molecule has 0 bridgehead atoms. The summed E-state index contributed by atoms with van der Waals surface area (Å²) in [6, 6.07) is 13.7. The molecular formula is C23H24N6O3. The van der Waals surface area contributed by atoms with Gasteiger partial charge in [0.25, 0.3) is 0 Å². The van der Waals surface area contributed by atoms with E-state index < -0.39 is 0 Å². The van der Waals surface area contributed by atoms with Crippen LogP contribution in [0.4, 0.5) is 17.3 Å². The Kier molecular flexibility index (Phi) is 5.47. The van der Waals surface area contributed by atoms with Crippen LogP contribution >= 0.6 is 0 Å². The first-order valence-corrected chi connectivity index (χ1v) is 10.4. The van der Waals surface area contributed by atoms with E-state index in [4.69, 9.17) is 19.3 Å². The van der Waals surface area contributed by atoms with Gasteiger partial charge < -0.3 is 24.4 Å². The van der Waals surface area contributed by atoms with Crippen LogP contribution in [0.25, 0.3) is 16.8 Å². The van der Waals surface area contributed by atoms with Crippen molar-refractivity contribution in [2.75, 3.05) is 50.7 Å². The molecule has 1 N–H and O–H groups in total. The molecule has 9 heteroatoms. The number of aromatic nitrogens is 4. The first kappa shape index (κ1) is 20.1. The summed E-state index contributed by atoms with van der Waals surface area (Å²) in [4.78, 5) is 11.0. The minimum atomic E-state index is 0.495. The molecule has 1 aliphatic rings. The Morgan fingerprint density at radius 1 is 0.938 bits per heavy atom. The smallest absolute Gasteiger partial charge is 0.245 e. The van der Waals surface area contributed by atoms with Crippen LogP contribution in [0, 0.1) is 0 Å². The van der Waals surface area contributed by atoms with E-state index in [1.54, 1.807) is 26.6 Å². The van der Waals surface area contributed by atoms with E-state index in [1.165, 1.54) is 0 Å². The van der Waals surface area contributed by atoms with Crippen molar-refractivity contribution in [1.82, 2.24) is 19.6 Å². The zero-order valence-corrected chi connectivity index (χ0v) is 18.0. The zero-order chi connectivity index (χ0) is 21.9. The summed E-state index contributed by atoms with van der Waals surface area (Å²) in [6.45, 7) is 3.06. The fourth-order valence-electron chi connectivity index (χ4n) is 3.78. The predicted octanol–water partition coefficient (Wildman–Crippen LogP) is 3.39. The van der Waals surface area contributed by atoms with Crippen molar-refractivity contribution in [3.8, 4) is 22.9 Å². The molecule has 0 atom stereocenters. The molecule has 0 saturated carbocycles. The molecule has 164 valence electrons. The maximum absolute atomic E-state index is 5.57. The van der Waals surface area contributed by atoms with Gasteiger partial charge in [-0.25, -0.2) is 14.5 Å². The van der Waals surface area contributed by atoms with Crippen LogP contribution in [-0.2, 0) is 4.74 Å². The molecule has 1 fully saturated rings. The number of nitrogens with one attached hydrogen (secondary N) is 1. The molecule has 9 nitrogen and oxygen atoms in total. The van der Waals surface area contributed by atoms with Crippen molar-refractivity contribution in [2.24, 2.45) is 0 Å². The molecule has 0 radical (unpaired) electrons. The van der Waals surface area contributed by atoms with Gasteiger partial charge in [0, 0.05) is 36.6 Å². The lowest BCUT2D eigenvalue weighted by Crippen LogP contribution is -2.36. The Hall–Kier alpha value is -3.85. The molecular weight excluding hydrogens is 408 g/mol. The number of methoxy groups -OCH3 is 2. The van der Waals surface area contributed by atoms with Crippen LogP contribution in [0.1, 0.15) is 0 Å². The van der Waals surface area contributed by atoms with E-state index >= 15 is 0 Å². The Bertz CT molecular complexity index is 1220. The Balaban J connectivity index is 1.45. The lowest BCUT2D eigenvalue weighted by atomic mass is 10.2. The lowest BCUT2D eigenvalue weighted by Gasteiger charge is -2.30. The van der Waals surface area contributed by atoms with E-state index in [0.717, 1.165) is 47.0 Å². The summed E-state index contributed by atoms with van der Waals surface area (Å²) >= 11 is 0. The van der Waals surface area contributed by atoms with Crippen molar-refractivity contribution in [3.63, 3.8) is 0 Å². The summed E-state index contributed by atoms with van der Waals surface area (Å²) < 4.78 is 18.1. The van der Waals surface area contributed by atoms with Gasteiger partial charge in [-0.2, -0.15) is 0 Å². The van der Waals surface area contributed by atoms with Crippen molar-refractivity contribution in [1.29, 1.82) is 0 Å². The van der Waals surface area contributed by atoms with Crippen molar-refractivity contribution in [3.05, 3.63) is 54.9 Å². The van der Waals surface area contributed by atoms with Crippen molar-refractivity contribution < 1.29 is 14.2 Å². The second kappa shape index (κ2) is 8.72. The van der Waals surface area contributed by atoms with Gasteiger partial charge in [0.2, 0.25) is 11.8 Å². The summed E-state index contributed by atoms with van der Waals surface area (Å²) in [5.41, 5.74) is 4.66. The second-order valence-electron chi connectivity index (χ2n) is 7.34. The molecule has 32 heavy (non-hydrogen) atoms. The fourth-order valence-corrected chi connectivity index (χ4v) is 3.78. The highest BCUT2D eigenvalue weighted by Gasteiger charge is 2.16. The van der Waals surface area contributed by atoms with Gasteiger partial charge in [0.1, 0.15) is 5.75 Å². The zero-order valence-electron chi connectivity index (χ0n) is 18.0. The molecule has 4 aromatic rings. The maximum atomic E-state index is 5.57. The molecule has 0 spiro atoms. The number of pyridine rings is 1.